The van der Waals surface area contributed by atoms with Crippen LogP contribution in [0.3, 0.4) is 0 Å². The van der Waals surface area contributed by atoms with Gasteiger partial charge in [0.1, 0.15) is 5.82 Å². The van der Waals surface area contributed by atoms with Crippen molar-refractivity contribution in [3.05, 3.63) is 35.6 Å². The van der Waals surface area contributed by atoms with Crippen LogP contribution < -0.4 is 0 Å². The van der Waals surface area contributed by atoms with Gasteiger partial charge in [0.25, 0.3) is 0 Å². The molecule has 0 N–H and O–H groups in total. The molecule has 1 fully saturated rings. The third-order valence-corrected chi connectivity index (χ3v) is 3.39. The predicted molar refractivity (Wildman–Crippen MR) is 60.6 cm³/mol. The molecule has 16 heavy (non-hydrogen) atoms. The first kappa shape index (κ1) is 11.1. The lowest BCUT2D eigenvalue weighted by molar-refractivity contribution is -0.117. The zero-order valence-electron chi connectivity index (χ0n) is 9.61. The summed E-state index contributed by atoms with van der Waals surface area (Å²) < 4.78 is 12.8. The van der Waals surface area contributed by atoms with E-state index in [1.807, 2.05) is 12.1 Å². The van der Waals surface area contributed by atoms with Gasteiger partial charge in [-0.1, -0.05) is 26.0 Å². The Bertz CT molecular complexity index is 385. The first-order valence-electron chi connectivity index (χ1n) is 5.48. The highest BCUT2D eigenvalue weighted by molar-refractivity contribution is 5.49. The molecule has 0 aliphatic carbocycles. The predicted octanol–water partition coefficient (Wildman–Crippen LogP) is 2.41. The molecule has 1 aliphatic rings. The van der Waals surface area contributed by atoms with E-state index in [4.69, 9.17) is 0 Å². The number of carbonyl (C=O) groups excluding carboxylic acids is 1. The molecule has 1 aliphatic heterocycles. The molecule has 1 heterocycles. The summed E-state index contributed by atoms with van der Waals surface area (Å²) in [6, 6.07) is 6.59. The maximum absolute atomic E-state index is 12.8. The van der Waals surface area contributed by atoms with Crippen molar-refractivity contribution in [1.29, 1.82) is 0 Å². The number of halogens is 1. The topological polar surface area (TPSA) is 20.3 Å². The Morgan fingerprint density at radius 3 is 2.50 bits per heavy atom. The molecule has 0 aromatic heterocycles. The molecule has 3 heteroatoms. The van der Waals surface area contributed by atoms with E-state index in [0.29, 0.717) is 5.92 Å². The Hall–Kier alpha value is -1.38. The fourth-order valence-electron chi connectivity index (χ4n) is 2.51. The summed E-state index contributed by atoms with van der Waals surface area (Å²) in [4.78, 5) is 12.6. The van der Waals surface area contributed by atoms with Crippen molar-refractivity contribution < 1.29 is 9.18 Å². The van der Waals surface area contributed by atoms with E-state index in [2.05, 4.69) is 13.8 Å². The highest BCUT2D eigenvalue weighted by atomic mass is 19.1. The molecule has 2 rings (SSSR count). The number of carbonyl (C=O) groups is 1. The van der Waals surface area contributed by atoms with Crippen LogP contribution in [-0.4, -0.2) is 24.4 Å². The summed E-state index contributed by atoms with van der Waals surface area (Å²) in [6.45, 7) is 5.77. The molecule has 0 saturated carbocycles. The minimum absolute atomic E-state index is 0.0543. The van der Waals surface area contributed by atoms with Crippen molar-refractivity contribution in [3.63, 3.8) is 0 Å². The van der Waals surface area contributed by atoms with Gasteiger partial charge in [0.05, 0.1) is 0 Å². The SMILES string of the molecule is CC1(C)CN(C=O)C[C@@H]1c1ccc(F)cc1. The minimum Gasteiger partial charge on any atom is -0.344 e. The molecule has 1 aromatic carbocycles. The van der Waals surface area contributed by atoms with Crippen LogP contribution in [0.25, 0.3) is 0 Å². The summed E-state index contributed by atoms with van der Waals surface area (Å²) in [5.41, 5.74) is 1.16. The summed E-state index contributed by atoms with van der Waals surface area (Å²) >= 11 is 0. The van der Waals surface area contributed by atoms with Gasteiger partial charge in [0, 0.05) is 19.0 Å². The van der Waals surface area contributed by atoms with Gasteiger partial charge in [0.15, 0.2) is 0 Å². The van der Waals surface area contributed by atoms with E-state index in [1.165, 1.54) is 12.1 Å². The zero-order valence-corrected chi connectivity index (χ0v) is 9.61. The summed E-state index contributed by atoms with van der Waals surface area (Å²) in [5.74, 6) is 0.0742. The van der Waals surface area contributed by atoms with Crippen LogP contribution in [0.2, 0.25) is 0 Å². The number of benzene rings is 1. The highest BCUT2D eigenvalue weighted by Gasteiger charge is 2.39. The van der Waals surface area contributed by atoms with E-state index in [9.17, 15) is 9.18 Å². The lowest BCUT2D eigenvalue weighted by atomic mass is 9.78. The van der Waals surface area contributed by atoms with Crippen molar-refractivity contribution in [3.8, 4) is 0 Å². The molecule has 86 valence electrons. The van der Waals surface area contributed by atoms with Gasteiger partial charge < -0.3 is 4.90 Å². The minimum atomic E-state index is -0.216. The molecule has 1 atom stereocenters. The summed E-state index contributed by atoms with van der Waals surface area (Å²) in [7, 11) is 0. The van der Waals surface area contributed by atoms with Crippen LogP contribution in [0.1, 0.15) is 25.3 Å². The van der Waals surface area contributed by atoms with Gasteiger partial charge in [-0.3, -0.25) is 4.79 Å². The van der Waals surface area contributed by atoms with Crippen molar-refractivity contribution in [2.45, 2.75) is 19.8 Å². The van der Waals surface area contributed by atoms with Gasteiger partial charge in [0.2, 0.25) is 6.41 Å². The Morgan fingerprint density at radius 1 is 1.38 bits per heavy atom. The summed E-state index contributed by atoms with van der Waals surface area (Å²) in [5, 5.41) is 0. The average Bonchev–Trinajstić information content (AvgIpc) is 2.55. The molecule has 1 amide bonds. The largest absolute Gasteiger partial charge is 0.344 e. The van der Waals surface area contributed by atoms with Crippen LogP contribution in [0.15, 0.2) is 24.3 Å². The van der Waals surface area contributed by atoms with Crippen molar-refractivity contribution >= 4 is 6.41 Å². The number of hydrogen-bond acceptors (Lipinski definition) is 1. The molecule has 0 bridgehead atoms. The number of hydrogen-bond donors (Lipinski definition) is 0. The van der Waals surface area contributed by atoms with E-state index >= 15 is 0 Å². The third-order valence-electron chi connectivity index (χ3n) is 3.39. The van der Waals surface area contributed by atoms with Gasteiger partial charge in [-0.2, -0.15) is 0 Å². The molecular formula is C13H16FNO. The molecule has 2 nitrogen and oxygen atoms in total. The van der Waals surface area contributed by atoms with Crippen LogP contribution in [0.5, 0.6) is 0 Å². The maximum Gasteiger partial charge on any atom is 0.209 e. The van der Waals surface area contributed by atoms with Crippen molar-refractivity contribution in [2.24, 2.45) is 5.41 Å². The fourth-order valence-corrected chi connectivity index (χ4v) is 2.51. The Balaban J connectivity index is 2.27. The molecular weight excluding hydrogens is 205 g/mol. The quantitative estimate of drug-likeness (QED) is 0.702. The lowest BCUT2D eigenvalue weighted by Crippen LogP contribution is -2.22. The van der Waals surface area contributed by atoms with E-state index in [-0.39, 0.29) is 11.2 Å². The second-order valence-corrected chi connectivity index (χ2v) is 5.13. The first-order chi connectivity index (χ1) is 7.53. The van der Waals surface area contributed by atoms with Gasteiger partial charge >= 0.3 is 0 Å². The molecule has 0 radical (unpaired) electrons. The normalized spacial score (nSPS) is 23.4. The van der Waals surface area contributed by atoms with E-state index in [0.717, 1.165) is 25.1 Å². The van der Waals surface area contributed by atoms with Crippen LogP contribution in [0.4, 0.5) is 4.39 Å². The van der Waals surface area contributed by atoms with Gasteiger partial charge in [-0.25, -0.2) is 4.39 Å². The van der Waals surface area contributed by atoms with Crippen molar-refractivity contribution in [1.82, 2.24) is 4.90 Å². The summed E-state index contributed by atoms with van der Waals surface area (Å²) in [6.07, 6.45) is 0.894. The lowest BCUT2D eigenvalue weighted by Gasteiger charge is -2.25. The maximum atomic E-state index is 12.8. The van der Waals surface area contributed by atoms with Crippen LogP contribution in [-0.2, 0) is 4.79 Å². The first-order valence-corrected chi connectivity index (χ1v) is 5.48. The smallest absolute Gasteiger partial charge is 0.209 e. The zero-order chi connectivity index (χ0) is 11.8. The van der Waals surface area contributed by atoms with Gasteiger partial charge in [-0.15, -0.1) is 0 Å². The van der Waals surface area contributed by atoms with Crippen molar-refractivity contribution in [2.75, 3.05) is 13.1 Å². The number of amides is 1. The van der Waals surface area contributed by atoms with Crippen LogP contribution in [0, 0.1) is 11.2 Å². The Morgan fingerprint density at radius 2 is 2.00 bits per heavy atom. The van der Waals surface area contributed by atoms with E-state index in [1.54, 1.807) is 4.90 Å². The Labute approximate surface area is 95.1 Å². The monoisotopic (exact) mass is 221 g/mol. The Kier molecular flexibility index (Phi) is 2.70. The molecule has 0 spiro atoms. The highest BCUT2D eigenvalue weighted by Crippen LogP contribution is 2.41. The standard InChI is InChI=1S/C13H16FNO/c1-13(2)8-15(9-16)7-12(13)10-3-5-11(14)6-4-10/h3-6,9,12H,7-8H2,1-2H3/t12-/m1/s1. The number of likely N-dealkylation sites (tertiary alicyclic amines) is 1. The van der Waals surface area contributed by atoms with Crippen LogP contribution >= 0.6 is 0 Å². The second kappa shape index (κ2) is 3.89. The molecule has 0 unspecified atom stereocenters. The second-order valence-electron chi connectivity index (χ2n) is 5.13. The third kappa shape index (κ3) is 1.94. The number of rotatable bonds is 2. The van der Waals surface area contributed by atoms with Gasteiger partial charge in [-0.05, 0) is 23.1 Å². The fraction of sp³-hybridized carbons (Fsp3) is 0.462. The molecule has 1 saturated heterocycles. The average molecular weight is 221 g/mol. The van der Waals surface area contributed by atoms with E-state index < -0.39 is 0 Å². The number of nitrogens with zero attached hydrogens (tertiary/aromatic N) is 1. The molecule has 1 aromatic rings.